The predicted molar refractivity (Wildman–Crippen MR) is 101 cm³/mol. The first-order valence-corrected chi connectivity index (χ1v) is 13.5. The molecule has 0 bridgehead atoms. The first-order chi connectivity index (χ1) is 13.0. The van der Waals surface area contributed by atoms with E-state index in [1.54, 1.807) is 8.87 Å². The maximum Gasteiger partial charge on any atom is 0.252 e. The van der Waals surface area contributed by atoms with Crippen LogP contribution in [0.2, 0.25) is 8.87 Å². The third-order valence-corrected chi connectivity index (χ3v) is 6.75. The molecule has 0 aliphatic heterocycles. The number of ether oxygens (including phenoxy) is 4. The molecule has 160 valence electrons. The van der Waals surface area contributed by atoms with Crippen LogP contribution in [0.4, 0.5) is 9.59 Å². The number of unbranched alkanes of at least 4 members (excludes halogenated alkanes) is 2. The van der Waals surface area contributed by atoms with Gasteiger partial charge in [0.1, 0.15) is 0 Å². The standard InChI is InChI=1S/2C5H10O4.2C4H9.Sn/c2*1-2-8-3-4-9-5(6)7;2*1-3-4-2;/h2*2-4H2,1H3,(H,6,7);2*1,3-4H2,2H3;/q;;;;+2/p-2. The van der Waals surface area contributed by atoms with Gasteiger partial charge in [-0.2, -0.15) is 0 Å². The number of rotatable bonds is 14. The van der Waals surface area contributed by atoms with Crippen LogP contribution in [0.25, 0.3) is 0 Å². The van der Waals surface area contributed by atoms with Crippen molar-refractivity contribution in [3.8, 4) is 0 Å². The van der Waals surface area contributed by atoms with Crippen molar-refractivity contribution in [2.75, 3.05) is 39.6 Å². The van der Waals surface area contributed by atoms with Crippen LogP contribution >= 0.6 is 0 Å². The van der Waals surface area contributed by atoms with Gasteiger partial charge >= 0.3 is 69.5 Å². The Morgan fingerprint density at radius 1 is 0.704 bits per heavy atom. The van der Waals surface area contributed by atoms with Gasteiger partial charge in [0.2, 0.25) is 0 Å². The minimum absolute atomic E-state index is 0.0518. The van der Waals surface area contributed by atoms with Gasteiger partial charge in [-0.1, -0.05) is 0 Å². The summed E-state index contributed by atoms with van der Waals surface area (Å²) in [6, 6.07) is 0. The number of carbonyl (C=O) groups excluding carboxylic acids is 2. The van der Waals surface area contributed by atoms with Crippen LogP contribution in [0.5, 0.6) is 0 Å². The van der Waals surface area contributed by atoms with Crippen molar-refractivity contribution in [2.45, 2.75) is 62.3 Å². The number of carbonyl (C=O) groups is 2. The molecule has 0 fully saturated rings. The summed E-state index contributed by atoms with van der Waals surface area (Å²) in [5, 5.41) is 19.1. The molecule has 0 aromatic carbocycles. The Labute approximate surface area is 174 Å². The summed E-state index contributed by atoms with van der Waals surface area (Å²) in [7, 11) is 0. The van der Waals surface area contributed by atoms with Crippen LogP contribution < -0.4 is 10.2 Å². The second-order valence-corrected chi connectivity index (χ2v) is 9.33. The molecule has 0 rings (SSSR count). The molecule has 9 heteroatoms. The van der Waals surface area contributed by atoms with Gasteiger partial charge in [0.05, 0.1) is 26.4 Å². The van der Waals surface area contributed by atoms with Crippen molar-refractivity contribution in [1.29, 1.82) is 0 Å². The number of carboxylic acid groups (broad SMARTS) is 2. The van der Waals surface area contributed by atoms with Crippen LogP contribution in [0.1, 0.15) is 53.4 Å². The predicted octanol–water partition coefficient (Wildman–Crippen LogP) is 1.89. The molecular formula is C18H36O8Sn. The molecule has 8 nitrogen and oxygen atoms in total. The summed E-state index contributed by atoms with van der Waals surface area (Å²) in [6.07, 6.45) is 2.83. The summed E-state index contributed by atoms with van der Waals surface area (Å²) >= 11 is 0.149. The quantitative estimate of drug-likeness (QED) is 0.202. The maximum atomic E-state index is 9.57. The van der Waals surface area contributed by atoms with E-state index in [9.17, 15) is 19.8 Å². The van der Waals surface area contributed by atoms with Crippen LogP contribution in [0.15, 0.2) is 0 Å². The molecule has 0 saturated heterocycles. The fourth-order valence-corrected chi connectivity index (χ4v) is 5.54. The SMILES string of the molecule is CCC[CH2][Sn+2][CH2]CCC.CCOCCOC(=O)[O-].CCOCCOC(=O)[O-]. The van der Waals surface area contributed by atoms with Crippen molar-refractivity contribution < 1.29 is 38.7 Å². The molecular weight excluding hydrogens is 463 g/mol. The topological polar surface area (TPSA) is 117 Å². The Balaban J connectivity index is -0.000000320. The monoisotopic (exact) mass is 500 g/mol. The van der Waals surface area contributed by atoms with Crippen molar-refractivity contribution in [3.63, 3.8) is 0 Å². The normalized spacial score (nSPS) is 9.04. The molecule has 0 aliphatic rings. The summed E-state index contributed by atoms with van der Waals surface area (Å²) < 4.78 is 20.8. The molecule has 0 aromatic heterocycles. The average molecular weight is 499 g/mol. The number of hydrogen-bond donors (Lipinski definition) is 0. The molecule has 27 heavy (non-hydrogen) atoms. The molecule has 0 spiro atoms. The van der Waals surface area contributed by atoms with E-state index in [0.717, 1.165) is 0 Å². The van der Waals surface area contributed by atoms with Crippen LogP contribution in [0.3, 0.4) is 0 Å². The summed E-state index contributed by atoms with van der Waals surface area (Å²) in [5.74, 6) is 0. The Morgan fingerprint density at radius 3 is 1.33 bits per heavy atom. The number of hydrogen-bond acceptors (Lipinski definition) is 8. The third kappa shape index (κ3) is 45.9. The molecule has 0 amide bonds. The maximum absolute atomic E-state index is 9.57. The van der Waals surface area contributed by atoms with Gasteiger partial charge in [0.15, 0.2) is 0 Å². The minimum Gasteiger partial charge on any atom is -0.547 e. The smallest absolute Gasteiger partial charge is 0.252 e. The van der Waals surface area contributed by atoms with Crippen LogP contribution in [-0.4, -0.2) is 73.1 Å². The van der Waals surface area contributed by atoms with Crippen LogP contribution in [-0.2, 0) is 18.9 Å². The fraction of sp³-hybridized carbons (Fsp3) is 0.889. The van der Waals surface area contributed by atoms with Gasteiger partial charge < -0.3 is 38.7 Å². The second-order valence-electron chi connectivity index (χ2n) is 5.05. The van der Waals surface area contributed by atoms with Gasteiger partial charge in [0.25, 0.3) is 12.3 Å². The van der Waals surface area contributed by atoms with Crippen molar-refractivity contribution in [1.82, 2.24) is 0 Å². The first kappa shape index (κ1) is 31.0. The van der Waals surface area contributed by atoms with E-state index in [1.165, 1.54) is 25.7 Å². The largest absolute Gasteiger partial charge is 0.547 e. The molecule has 0 atom stereocenters. The molecule has 0 heterocycles. The van der Waals surface area contributed by atoms with E-state index in [4.69, 9.17) is 9.47 Å². The summed E-state index contributed by atoms with van der Waals surface area (Å²) in [5.41, 5.74) is 0. The van der Waals surface area contributed by atoms with E-state index in [-0.39, 0.29) is 34.4 Å². The van der Waals surface area contributed by atoms with Crippen molar-refractivity contribution >= 4 is 33.5 Å². The second kappa shape index (κ2) is 30.0. The van der Waals surface area contributed by atoms with Crippen LogP contribution in [0, 0.1) is 0 Å². The van der Waals surface area contributed by atoms with E-state index < -0.39 is 12.3 Å². The zero-order valence-electron chi connectivity index (χ0n) is 17.3. The first-order valence-electron chi connectivity index (χ1n) is 9.49. The van der Waals surface area contributed by atoms with E-state index in [0.29, 0.717) is 26.4 Å². The van der Waals surface area contributed by atoms with Gasteiger partial charge in [-0.3, -0.25) is 0 Å². The Hall–Kier alpha value is -0.741. The molecule has 0 N–H and O–H groups in total. The summed E-state index contributed by atoms with van der Waals surface area (Å²) in [4.78, 5) is 19.1. The van der Waals surface area contributed by atoms with Crippen molar-refractivity contribution in [2.24, 2.45) is 0 Å². The van der Waals surface area contributed by atoms with Gasteiger partial charge in [0, 0.05) is 13.2 Å². The van der Waals surface area contributed by atoms with Gasteiger partial charge in [-0.05, 0) is 13.8 Å². The molecule has 0 saturated carbocycles. The molecule has 0 aliphatic carbocycles. The van der Waals surface area contributed by atoms with Crippen molar-refractivity contribution in [3.05, 3.63) is 0 Å². The fourth-order valence-electron chi connectivity index (χ4n) is 1.39. The van der Waals surface area contributed by atoms with Gasteiger partial charge in [-0.15, -0.1) is 0 Å². The Bertz CT molecular complexity index is 275. The summed E-state index contributed by atoms with van der Waals surface area (Å²) in [6.45, 7) is 10.0. The molecule has 0 radical (unpaired) electrons. The average Bonchev–Trinajstić information content (AvgIpc) is 2.63. The molecule has 0 unspecified atom stereocenters. The van der Waals surface area contributed by atoms with E-state index in [1.807, 2.05) is 13.8 Å². The zero-order valence-corrected chi connectivity index (χ0v) is 20.1. The third-order valence-electron chi connectivity index (χ3n) is 2.72. The Morgan fingerprint density at radius 2 is 1.07 bits per heavy atom. The Kier molecular flexibility index (Phi) is 34.4. The van der Waals surface area contributed by atoms with E-state index >= 15 is 0 Å². The van der Waals surface area contributed by atoms with Gasteiger partial charge in [-0.25, -0.2) is 0 Å². The van der Waals surface area contributed by atoms with E-state index in [2.05, 4.69) is 23.3 Å². The molecule has 0 aromatic rings. The minimum atomic E-state index is -1.50. The zero-order chi connectivity index (χ0) is 21.2.